The van der Waals surface area contributed by atoms with Crippen LogP contribution in [-0.2, 0) is 6.42 Å². The van der Waals surface area contributed by atoms with Crippen molar-refractivity contribution in [3.8, 4) is 5.75 Å². The van der Waals surface area contributed by atoms with E-state index < -0.39 is 0 Å². The summed E-state index contributed by atoms with van der Waals surface area (Å²) in [4.78, 5) is 3.97. The van der Waals surface area contributed by atoms with Crippen LogP contribution >= 0.6 is 0 Å². The number of halogens is 1. The normalized spacial score (nSPS) is 12.2. The minimum atomic E-state index is -0.376. The van der Waals surface area contributed by atoms with Crippen LogP contribution in [0.5, 0.6) is 5.75 Å². The summed E-state index contributed by atoms with van der Waals surface area (Å²) in [7, 11) is 1.45. The molecule has 0 saturated carbocycles. The lowest BCUT2D eigenvalue weighted by molar-refractivity contribution is 0.385. The van der Waals surface area contributed by atoms with Gasteiger partial charge >= 0.3 is 0 Å². The number of ether oxygens (including phenoxy) is 1. The number of nitrogens with two attached hydrogens (primary N) is 1. The molecule has 2 aromatic rings. The lowest BCUT2D eigenvalue weighted by Crippen LogP contribution is -2.11. The van der Waals surface area contributed by atoms with Gasteiger partial charge < -0.3 is 10.5 Å². The first kappa shape index (κ1) is 13.5. The third kappa shape index (κ3) is 3.51. The van der Waals surface area contributed by atoms with E-state index in [0.717, 1.165) is 18.4 Å². The number of methoxy groups -OCH3 is 1. The molecule has 0 fully saturated rings. The Bertz CT molecular complexity index is 531. The van der Waals surface area contributed by atoms with Crippen molar-refractivity contribution in [3.05, 3.63) is 59.7 Å². The van der Waals surface area contributed by atoms with Crippen LogP contribution < -0.4 is 10.5 Å². The predicted octanol–water partition coefficient (Wildman–Crippen LogP) is 2.86. The lowest BCUT2D eigenvalue weighted by atomic mass is 10.00. The van der Waals surface area contributed by atoms with E-state index in [-0.39, 0.29) is 17.6 Å². The Morgan fingerprint density at radius 3 is 2.63 bits per heavy atom. The smallest absolute Gasteiger partial charge is 0.165 e. The van der Waals surface area contributed by atoms with Crippen molar-refractivity contribution in [3.63, 3.8) is 0 Å². The first-order chi connectivity index (χ1) is 9.20. The van der Waals surface area contributed by atoms with Crippen LogP contribution in [0.25, 0.3) is 0 Å². The second-order valence-corrected chi connectivity index (χ2v) is 4.39. The van der Waals surface area contributed by atoms with Gasteiger partial charge in [-0.3, -0.25) is 4.98 Å². The molecule has 1 aromatic heterocycles. The molecule has 1 atom stereocenters. The number of aryl methyl sites for hydroxylation is 1. The molecule has 19 heavy (non-hydrogen) atoms. The van der Waals surface area contributed by atoms with Gasteiger partial charge in [-0.2, -0.15) is 0 Å². The van der Waals surface area contributed by atoms with Crippen molar-refractivity contribution in [2.24, 2.45) is 5.73 Å². The molecular formula is C15H17FN2O. The summed E-state index contributed by atoms with van der Waals surface area (Å²) in [6.07, 6.45) is 5.12. The van der Waals surface area contributed by atoms with Gasteiger partial charge in [-0.05, 0) is 48.2 Å². The molecule has 0 radical (unpaired) electrons. The van der Waals surface area contributed by atoms with Crippen LogP contribution in [0.4, 0.5) is 4.39 Å². The van der Waals surface area contributed by atoms with E-state index in [1.165, 1.54) is 18.7 Å². The summed E-state index contributed by atoms with van der Waals surface area (Å²) in [5.41, 5.74) is 8.04. The molecule has 2 rings (SSSR count). The fraction of sp³-hybridized carbons (Fsp3) is 0.267. The maximum absolute atomic E-state index is 13.6. The predicted molar refractivity (Wildman–Crippen MR) is 72.4 cm³/mol. The zero-order valence-electron chi connectivity index (χ0n) is 10.8. The summed E-state index contributed by atoms with van der Waals surface area (Å²) >= 11 is 0. The highest BCUT2D eigenvalue weighted by atomic mass is 19.1. The van der Waals surface area contributed by atoms with Gasteiger partial charge in [-0.15, -0.1) is 0 Å². The second kappa shape index (κ2) is 6.29. The SMILES string of the molecule is COc1ccc(C(N)CCc2ccncc2)cc1F. The zero-order valence-corrected chi connectivity index (χ0v) is 10.8. The van der Waals surface area contributed by atoms with Gasteiger partial charge in [0.2, 0.25) is 0 Å². The Morgan fingerprint density at radius 1 is 1.26 bits per heavy atom. The fourth-order valence-electron chi connectivity index (χ4n) is 1.95. The molecule has 0 aliphatic carbocycles. The van der Waals surface area contributed by atoms with Gasteiger partial charge in [0.25, 0.3) is 0 Å². The first-order valence-corrected chi connectivity index (χ1v) is 6.18. The van der Waals surface area contributed by atoms with E-state index in [1.54, 1.807) is 24.5 Å². The quantitative estimate of drug-likeness (QED) is 0.899. The third-order valence-electron chi connectivity index (χ3n) is 3.10. The average molecular weight is 260 g/mol. The van der Waals surface area contributed by atoms with Gasteiger partial charge in [0.1, 0.15) is 0 Å². The minimum absolute atomic E-state index is 0.187. The van der Waals surface area contributed by atoms with Crippen molar-refractivity contribution in [2.75, 3.05) is 7.11 Å². The van der Waals surface area contributed by atoms with E-state index in [4.69, 9.17) is 10.5 Å². The van der Waals surface area contributed by atoms with E-state index in [0.29, 0.717) is 0 Å². The summed E-state index contributed by atoms with van der Waals surface area (Å²) in [5.74, 6) is -0.135. The molecule has 0 aliphatic rings. The number of rotatable bonds is 5. The van der Waals surface area contributed by atoms with Crippen molar-refractivity contribution in [1.82, 2.24) is 4.98 Å². The van der Waals surface area contributed by atoms with E-state index in [9.17, 15) is 4.39 Å². The van der Waals surface area contributed by atoms with Crippen LogP contribution in [0, 0.1) is 5.82 Å². The Kier molecular flexibility index (Phi) is 4.47. The molecule has 1 heterocycles. The van der Waals surface area contributed by atoms with E-state index >= 15 is 0 Å². The van der Waals surface area contributed by atoms with Crippen molar-refractivity contribution >= 4 is 0 Å². The Balaban J connectivity index is 2.00. The molecule has 4 heteroatoms. The van der Waals surface area contributed by atoms with E-state index in [2.05, 4.69) is 4.98 Å². The maximum atomic E-state index is 13.6. The molecule has 1 aromatic carbocycles. The monoisotopic (exact) mass is 260 g/mol. The van der Waals surface area contributed by atoms with Crippen LogP contribution in [-0.4, -0.2) is 12.1 Å². The lowest BCUT2D eigenvalue weighted by Gasteiger charge is -2.13. The Labute approximate surface area is 112 Å². The van der Waals surface area contributed by atoms with Crippen molar-refractivity contribution in [2.45, 2.75) is 18.9 Å². The molecule has 0 bridgehead atoms. The summed E-state index contributed by atoms with van der Waals surface area (Å²) in [5, 5.41) is 0. The molecule has 3 nitrogen and oxygen atoms in total. The van der Waals surface area contributed by atoms with Gasteiger partial charge in [-0.25, -0.2) is 4.39 Å². The van der Waals surface area contributed by atoms with Gasteiger partial charge in [0.15, 0.2) is 11.6 Å². The highest BCUT2D eigenvalue weighted by molar-refractivity contribution is 5.31. The maximum Gasteiger partial charge on any atom is 0.165 e. The van der Waals surface area contributed by atoms with Crippen LogP contribution in [0.15, 0.2) is 42.7 Å². The number of benzene rings is 1. The standard InChI is InChI=1S/C15H17FN2O/c1-19-15-5-3-12(10-13(15)16)14(17)4-2-11-6-8-18-9-7-11/h3,5-10,14H,2,4,17H2,1H3. The first-order valence-electron chi connectivity index (χ1n) is 6.18. The highest BCUT2D eigenvalue weighted by Gasteiger charge is 2.10. The number of nitrogens with zero attached hydrogens (tertiary/aromatic N) is 1. The van der Waals surface area contributed by atoms with E-state index in [1.807, 2.05) is 12.1 Å². The molecule has 0 spiro atoms. The average Bonchev–Trinajstić information content (AvgIpc) is 2.45. The fourth-order valence-corrected chi connectivity index (χ4v) is 1.95. The highest BCUT2D eigenvalue weighted by Crippen LogP contribution is 2.23. The Hall–Kier alpha value is -1.94. The van der Waals surface area contributed by atoms with Gasteiger partial charge in [-0.1, -0.05) is 6.07 Å². The number of aromatic nitrogens is 1. The minimum Gasteiger partial charge on any atom is -0.494 e. The number of hydrogen-bond acceptors (Lipinski definition) is 3. The second-order valence-electron chi connectivity index (χ2n) is 4.39. The summed E-state index contributed by atoms with van der Waals surface area (Å²) in [6.45, 7) is 0. The van der Waals surface area contributed by atoms with Gasteiger partial charge in [0.05, 0.1) is 7.11 Å². The molecule has 1 unspecified atom stereocenters. The topological polar surface area (TPSA) is 48.1 Å². The van der Waals surface area contributed by atoms with Crippen molar-refractivity contribution < 1.29 is 9.13 Å². The van der Waals surface area contributed by atoms with Gasteiger partial charge in [0, 0.05) is 18.4 Å². The molecule has 2 N–H and O–H groups in total. The zero-order chi connectivity index (χ0) is 13.7. The van der Waals surface area contributed by atoms with Crippen LogP contribution in [0.2, 0.25) is 0 Å². The largest absolute Gasteiger partial charge is 0.494 e. The summed E-state index contributed by atoms with van der Waals surface area (Å²) in [6, 6.07) is 8.59. The van der Waals surface area contributed by atoms with Crippen molar-refractivity contribution in [1.29, 1.82) is 0 Å². The number of hydrogen-bond donors (Lipinski definition) is 1. The molecule has 0 amide bonds. The molecule has 0 saturated heterocycles. The third-order valence-corrected chi connectivity index (χ3v) is 3.10. The summed E-state index contributed by atoms with van der Waals surface area (Å²) < 4.78 is 18.5. The number of pyridine rings is 1. The molecular weight excluding hydrogens is 243 g/mol. The van der Waals surface area contributed by atoms with Crippen LogP contribution in [0.1, 0.15) is 23.6 Å². The Morgan fingerprint density at radius 2 is 2.00 bits per heavy atom. The molecule has 100 valence electrons. The van der Waals surface area contributed by atoms with Crippen LogP contribution in [0.3, 0.4) is 0 Å². The molecule has 0 aliphatic heterocycles.